The van der Waals surface area contributed by atoms with Gasteiger partial charge < -0.3 is 19.7 Å². The van der Waals surface area contributed by atoms with Gasteiger partial charge in [0.05, 0.1) is 22.7 Å². The maximum absolute atomic E-state index is 14.4. The van der Waals surface area contributed by atoms with E-state index >= 15 is 0 Å². The summed E-state index contributed by atoms with van der Waals surface area (Å²) in [5.41, 5.74) is 5.99. The molecule has 1 amide bonds. The largest absolute Gasteiger partial charge is 0.359 e. The molecule has 38 heavy (non-hydrogen) atoms. The van der Waals surface area contributed by atoms with Crippen molar-refractivity contribution in [3.63, 3.8) is 0 Å². The van der Waals surface area contributed by atoms with Crippen LogP contribution in [0.1, 0.15) is 30.4 Å². The molecular weight excluding hydrogens is 519 g/mol. The molecule has 1 N–H and O–H groups in total. The van der Waals surface area contributed by atoms with Crippen molar-refractivity contribution in [2.24, 2.45) is 0 Å². The standard InChI is InChI=1S/C31H32Cl2N2O3/c1-37-20-38-19-28-29(31(36)35(25-13-14-25)18-24-11-6-12-27(32)30(24)33)26(15-16-34-28)23-10-5-9-22(17-23)21-7-3-2-4-8-21/h2-12,17,25,28,34H,13-16,18-20H2,1H3. The van der Waals surface area contributed by atoms with E-state index in [0.29, 0.717) is 23.2 Å². The summed E-state index contributed by atoms with van der Waals surface area (Å²) in [6, 6.07) is 24.3. The van der Waals surface area contributed by atoms with E-state index < -0.39 is 0 Å². The lowest BCUT2D eigenvalue weighted by Crippen LogP contribution is -2.47. The number of nitrogens with zero attached hydrogens (tertiary/aromatic N) is 1. The fraction of sp³-hybridized carbons (Fsp3) is 0.323. The summed E-state index contributed by atoms with van der Waals surface area (Å²) in [7, 11) is 1.60. The summed E-state index contributed by atoms with van der Waals surface area (Å²) < 4.78 is 10.9. The Kier molecular flexibility index (Phi) is 8.82. The van der Waals surface area contributed by atoms with Gasteiger partial charge in [-0.25, -0.2) is 0 Å². The summed E-state index contributed by atoms with van der Waals surface area (Å²) in [6.45, 7) is 1.68. The maximum Gasteiger partial charge on any atom is 0.252 e. The summed E-state index contributed by atoms with van der Waals surface area (Å²) in [5.74, 6) is 0.0156. The van der Waals surface area contributed by atoms with Crippen molar-refractivity contribution in [2.45, 2.75) is 37.9 Å². The van der Waals surface area contributed by atoms with Gasteiger partial charge in [0.15, 0.2) is 0 Å². The molecule has 1 saturated carbocycles. The highest BCUT2D eigenvalue weighted by atomic mass is 35.5. The van der Waals surface area contributed by atoms with E-state index in [1.54, 1.807) is 13.2 Å². The average Bonchev–Trinajstić information content (AvgIpc) is 3.79. The van der Waals surface area contributed by atoms with Crippen LogP contribution >= 0.6 is 23.2 Å². The van der Waals surface area contributed by atoms with E-state index in [2.05, 4.69) is 41.7 Å². The Balaban J connectivity index is 1.55. The van der Waals surface area contributed by atoms with E-state index in [-0.39, 0.29) is 24.8 Å². The van der Waals surface area contributed by atoms with Crippen LogP contribution in [0.15, 0.2) is 78.4 Å². The number of ether oxygens (including phenoxy) is 2. The molecule has 0 bridgehead atoms. The molecule has 1 aliphatic heterocycles. The second-order valence-corrected chi connectivity index (χ2v) is 10.5. The molecule has 1 aliphatic carbocycles. The van der Waals surface area contributed by atoms with Crippen molar-refractivity contribution < 1.29 is 14.3 Å². The third-order valence-corrected chi connectivity index (χ3v) is 7.95. The monoisotopic (exact) mass is 550 g/mol. The number of nitrogens with one attached hydrogen (secondary N) is 1. The number of carbonyl (C=O) groups is 1. The molecule has 0 spiro atoms. The van der Waals surface area contributed by atoms with E-state index in [4.69, 9.17) is 32.7 Å². The van der Waals surface area contributed by atoms with Gasteiger partial charge in [-0.05, 0) is 65.8 Å². The number of hydrogen-bond donors (Lipinski definition) is 1. The molecule has 5 rings (SSSR count). The number of carbonyl (C=O) groups excluding carboxylic acids is 1. The number of amides is 1. The Morgan fingerprint density at radius 3 is 2.47 bits per heavy atom. The Morgan fingerprint density at radius 2 is 1.71 bits per heavy atom. The Bertz CT molecular complexity index is 1310. The van der Waals surface area contributed by atoms with Crippen molar-refractivity contribution >= 4 is 34.7 Å². The first-order valence-electron chi connectivity index (χ1n) is 13.0. The fourth-order valence-electron chi connectivity index (χ4n) is 5.07. The normalized spacial score (nSPS) is 17.5. The summed E-state index contributed by atoms with van der Waals surface area (Å²) in [4.78, 5) is 16.4. The average molecular weight is 552 g/mol. The minimum absolute atomic E-state index is 0.0156. The van der Waals surface area contributed by atoms with Gasteiger partial charge in [-0.3, -0.25) is 4.79 Å². The van der Waals surface area contributed by atoms with E-state index in [0.717, 1.165) is 59.2 Å². The molecule has 1 unspecified atom stereocenters. The first kappa shape index (κ1) is 26.9. The third-order valence-electron chi connectivity index (χ3n) is 7.09. The SMILES string of the molecule is COCOCC1NCCC(c2cccc(-c3ccccc3)c2)=C1C(=O)N(Cc1cccc(Cl)c1Cl)C1CC1. The minimum Gasteiger partial charge on any atom is -0.359 e. The van der Waals surface area contributed by atoms with Crippen LogP contribution in [0, 0.1) is 0 Å². The second kappa shape index (κ2) is 12.5. The van der Waals surface area contributed by atoms with Gasteiger partial charge in [-0.15, -0.1) is 0 Å². The van der Waals surface area contributed by atoms with Gasteiger partial charge in [0.1, 0.15) is 6.79 Å². The third kappa shape index (κ3) is 6.14. The first-order valence-corrected chi connectivity index (χ1v) is 13.7. The lowest BCUT2D eigenvalue weighted by molar-refractivity contribution is -0.129. The lowest BCUT2D eigenvalue weighted by Gasteiger charge is -2.33. The van der Waals surface area contributed by atoms with Gasteiger partial charge >= 0.3 is 0 Å². The zero-order valence-electron chi connectivity index (χ0n) is 21.5. The Morgan fingerprint density at radius 1 is 0.974 bits per heavy atom. The predicted molar refractivity (Wildman–Crippen MR) is 153 cm³/mol. The van der Waals surface area contributed by atoms with Crippen molar-refractivity contribution in [1.29, 1.82) is 0 Å². The van der Waals surface area contributed by atoms with Crippen LogP contribution in [0.2, 0.25) is 10.0 Å². The highest BCUT2D eigenvalue weighted by Crippen LogP contribution is 2.37. The zero-order chi connectivity index (χ0) is 26.5. The van der Waals surface area contributed by atoms with Gasteiger partial charge in [0.2, 0.25) is 0 Å². The van der Waals surface area contributed by atoms with Gasteiger partial charge in [-0.1, -0.05) is 83.9 Å². The smallest absolute Gasteiger partial charge is 0.252 e. The van der Waals surface area contributed by atoms with Crippen LogP contribution in [0.25, 0.3) is 16.7 Å². The number of hydrogen-bond acceptors (Lipinski definition) is 4. The van der Waals surface area contributed by atoms with Gasteiger partial charge in [-0.2, -0.15) is 0 Å². The molecule has 0 saturated heterocycles. The van der Waals surface area contributed by atoms with E-state index in [9.17, 15) is 4.79 Å². The molecule has 2 aliphatic rings. The molecular formula is C31H32Cl2N2O3. The number of halogens is 2. The van der Waals surface area contributed by atoms with Crippen LogP contribution in [-0.2, 0) is 20.8 Å². The van der Waals surface area contributed by atoms with Crippen LogP contribution in [0.3, 0.4) is 0 Å². The highest BCUT2D eigenvalue weighted by molar-refractivity contribution is 6.42. The van der Waals surface area contributed by atoms with Crippen molar-refractivity contribution in [1.82, 2.24) is 10.2 Å². The lowest BCUT2D eigenvalue weighted by atomic mass is 9.87. The predicted octanol–water partition coefficient (Wildman–Crippen LogP) is 6.59. The van der Waals surface area contributed by atoms with E-state index in [1.165, 1.54) is 0 Å². The van der Waals surface area contributed by atoms with Crippen LogP contribution in [0.4, 0.5) is 0 Å². The molecule has 0 radical (unpaired) electrons. The molecule has 5 nitrogen and oxygen atoms in total. The summed E-state index contributed by atoms with van der Waals surface area (Å²) >= 11 is 12.8. The first-order chi connectivity index (χ1) is 18.6. The van der Waals surface area contributed by atoms with Crippen molar-refractivity contribution in [3.05, 3.63) is 99.5 Å². The highest BCUT2D eigenvalue weighted by Gasteiger charge is 2.38. The maximum atomic E-state index is 14.4. The summed E-state index contributed by atoms with van der Waals surface area (Å²) in [5, 5.41) is 4.52. The zero-order valence-corrected chi connectivity index (χ0v) is 23.0. The molecule has 3 aromatic rings. The van der Waals surface area contributed by atoms with Crippen molar-refractivity contribution in [2.75, 3.05) is 27.1 Å². The fourth-order valence-corrected chi connectivity index (χ4v) is 5.45. The number of methoxy groups -OCH3 is 1. The molecule has 7 heteroatoms. The minimum atomic E-state index is -0.252. The molecule has 1 heterocycles. The van der Waals surface area contributed by atoms with Gasteiger partial charge in [0.25, 0.3) is 5.91 Å². The Hall–Kier alpha value is -2.67. The molecule has 198 valence electrons. The molecule has 0 aromatic heterocycles. The Labute approximate surface area is 234 Å². The van der Waals surface area contributed by atoms with Crippen LogP contribution in [0.5, 0.6) is 0 Å². The molecule has 3 aromatic carbocycles. The quantitative estimate of drug-likeness (QED) is 0.228. The van der Waals surface area contributed by atoms with E-state index in [1.807, 2.05) is 35.2 Å². The number of rotatable bonds is 10. The van der Waals surface area contributed by atoms with Crippen molar-refractivity contribution in [3.8, 4) is 11.1 Å². The summed E-state index contributed by atoms with van der Waals surface area (Å²) in [6.07, 6.45) is 2.71. The second-order valence-electron chi connectivity index (χ2n) is 9.75. The van der Waals surface area contributed by atoms with Gasteiger partial charge in [0, 0.05) is 25.3 Å². The topological polar surface area (TPSA) is 50.8 Å². The molecule has 1 fully saturated rings. The molecule has 1 atom stereocenters. The van der Waals surface area contributed by atoms with Crippen LogP contribution < -0.4 is 5.32 Å². The number of benzene rings is 3. The van der Waals surface area contributed by atoms with Crippen LogP contribution in [-0.4, -0.2) is 49.9 Å².